The third-order valence-electron chi connectivity index (χ3n) is 5.37. The second-order valence-corrected chi connectivity index (χ2v) is 7.36. The van der Waals surface area contributed by atoms with Gasteiger partial charge in [0.15, 0.2) is 0 Å². The van der Waals surface area contributed by atoms with E-state index in [0.29, 0.717) is 10.9 Å². The lowest BCUT2D eigenvalue weighted by molar-refractivity contribution is 0.338. The first-order valence-electron chi connectivity index (χ1n) is 8.43. The van der Waals surface area contributed by atoms with Crippen LogP contribution in [0.2, 0.25) is 5.02 Å². The Morgan fingerprint density at radius 2 is 1.83 bits per heavy atom. The van der Waals surface area contributed by atoms with Crippen molar-refractivity contribution in [2.75, 3.05) is 20.1 Å². The van der Waals surface area contributed by atoms with Crippen LogP contribution in [-0.4, -0.2) is 30.1 Å². The van der Waals surface area contributed by atoms with E-state index < -0.39 is 0 Å². The van der Waals surface area contributed by atoms with Crippen molar-refractivity contribution in [3.05, 3.63) is 63.2 Å². The number of rotatable bonds is 1. The van der Waals surface area contributed by atoms with Crippen LogP contribution in [0.15, 0.2) is 30.3 Å². The van der Waals surface area contributed by atoms with Gasteiger partial charge < -0.3 is 10.0 Å². The van der Waals surface area contributed by atoms with Crippen LogP contribution in [0.4, 0.5) is 0 Å². The Labute approximate surface area is 159 Å². The molecule has 1 unspecified atom stereocenters. The van der Waals surface area contributed by atoms with E-state index in [4.69, 9.17) is 11.6 Å². The molecule has 0 saturated heterocycles. The predicted molar refractivity (Wildman–Crippen MR) is 105 cm³/mol. The van der Waals surface area contributed by atoms with Gasteiger partial charge in [0, 0.05) is 19.0 Å². The third kappa shape index (κ3) is 3.22. The van der Waals surface area contributed by atoms with Crippen molar-refractivity contribution in [3.63, 3.8) is 0 Å². The zero-order valence-corrected chi connectivity index (χ0v) is 16.4. The molecule has 1 aliphatic carbocycles. The molecule has 0 bridgehead atoms. The summed E-state index contributed by atoms with van der Waals surface area (Å²) in [4.78, 5) is 2.38. The van der Waals surface area contributed by atoms with E-state index in [1.807, 2.05) is 12.1 Å². The van der Waals surface area contributed by atoms with E-state index in [9.17, 15) is 5.11 Å². The number of fused-ring (bicyclic) bond motifs is 2. The van der Waals surface area contributed by atoms with Crippen molar-refractivity contribution in [2.45, 2.75) is 31.6 Å². The number of aryl methyl sites for hydroxylation is 2. The quantitative estimate of drug-likeness (QED) is 0.737. The number of phenols is 1. The molecule has 1 atom stereocenters. The number of nitrogens with zero attached hydrogens (tertiary/aromatic N) is 1. The second kappa shape index (κ2) is 7.07. The van der Waals surface area contributed by atoms with Gasteiger partial charge in [0.05, 0.1) is 5.02 Å². The van der Waals surface area contributed by atoms with Crippen molar-refractivity contribution in [1.29, 1.82) is 0 Å². The molecule has 24 heavy (non-hydrogen) atoms. The Morgan fingerprint density at radius 3 is 2.67 bits per heavy atom. The van der Waals surface area contributed by atoms with Crippen LogP contribution < -0.4 is 0 Å². The van der Waals surface area contributed by atoms with Gasteiger partial charge in [-0.05, 0) is 72.7 Å². The Morgan fingerprint density at radius 1 is 1.04 bits per heavy atom. The molecule has 0 aromatic heterocycles. The summed E-state index contributed by atoms with van der Waals surface area (Å²) in [5, 5.41) is 10.6. The maximum Gasteiger partial charge on any atom is 0.134 e. The number of hydrogen-bond donors (Lipinski definition) is 1. The fraction of sp³-hybridized carbons (Fsp3) is 0.400. The van der Waals surface area contributed by atoms with Crippen LogP contribution in [0.25, 0.3) is 0 Å². The molecule has 2 aromatic carbocycles. The van der Waals surface area contributed by atoms with Gasteiger partial charge in [-0.3, -0.25) is 0 Å². The molecule has 0 fully saturated rings. The molecule has 0 radical (unpaired) electrons. The summed E-state index contributed by atoms with van der Waals surface area (Å²) in [7, 11) is 2.17. The van der Waals surface area contributed by atoms with Gasteiger partial charge in [-0.15, -0.1) is 17.0 Å². The molecule has 2 aromatic rings. The first-order valence-corrected chi connectivity index (χ1v) is 8.81. The van der Waals surface area contributed by atoms with E-state index in [2.05, 4.69) is 30.1 Å². The molecular weight excluding hydrogens is 386 g/mol. The van der Waals surface area contributed by atoms with Gasteiger partial charge in [0.25, 0.3) is 0 Å². The highest BCUT2D eigenvalue weighted by Gasteiger charge is 2.25. The van der Waals surface area contributed by atoms with E-state index in [1.165, 1.54) is 47.1 Å². The van der Waals surface area contributed by atoms with Crippen molar-refractivity contribution in [2.24, 2.45) is 0 Å². The van der Waals surface area contributed by atoms with E-state index in [0.717, 1.165) is 19.5 Å². The summed E-state index contributed by atoms with van der Waals surface area (Å²) < 4.78 is 0. The lowest BCUT2D eigenvalue weighted by atomic mass is 9.86. The van der Waals surface area contributed by atoms with Crippen LogP contribution in [0.3, 0.4) is 0 Å². The minimum Gasteiger partial charge on any atom is -0.506 e. The third-order valence-corrected chi connectivity index (χ3v) is 5.67. The topological polar surface area (TPSA) is 23.5 Å². The molecule has 4 rings (SSSR count). The predicted octanol–water partition coefficient (Wildman–Crippen LogP) is 4.73. The van der Waals surface area contributed by atoms with E-state index in [1.54, 1.807) is 0 Å². The summed E-state index contributed by atoms with van der Waals surface area (Å²) >= 11 is 6.14. The SMILES string of the molecule is Br.CN1CCc2cc(Cl)c(O)cc2C(c2ccc3c(c2)CCC3)C1. The molecule has 1 aliphatic heterocycles. The molecule has 2 nitrogen and oxygen atoms in total. The molecular formula is C20H23BrClNO. The largest absolute Gasteiger partial charge is 0.506 e. The van der Waals surface area contributed by atoms with Crippen molar-refractivity contribution in [1.82, 2.24) is 4.90 Å². The smallest absolute Gasteiger partial charge is 0.134 e. The monoisotopic (exact) mass is 407 g/mol. The van der Waals surface area contributed by atoms with Gasteiger partial charge in [0.1, 0.15) is 5.75 Å². The van der Waals surface area contributed by atoms with Gasteiger partial charge in [-0.1, -0.05) is 29.8 Å². The van der Waals surface area contributed by atoms with Crippen LogP contribution in [-0.2, 0) is 19.3 Å². The number of phenolic OH excluding ortho intramolecular Hbond substituents is 1. The van der Waals surface area contributed by atoms with Crippen molar-refractivity contribution >= 4 is 28.6 Å². The van der Waals surface area contributed by atoms with E-state index in [-0.39, 0.29) is 22.7 Å². The molecule has 128 valence electrons. The molecule has 0 saturated carbocycles. The average molecular weight is 409 g/mol. The maximum atomic E-state index is 10.1. The van der Waals surface area contributed by atoms with Gasteiger partial charge in [-0.25, -0.2) is 0 Å². The summed E-state index contributed by atoms with van der Waals surface area (Å²) in [6, 6.07) is 10.8. The number of benzene rings is 2. The minimum absolute atomic E-state index is 0. The first kappa shape index (κ1) is 17.8. The Hall–Kier alpha value is -1.03. The maximum absolute atomic E-state index is 10.1. The van der Waals surface area contributed by atoms with E-state index >= 15 is 0 Å². The van der Waals surface area contributed by atoms with Crippen LogP contribution in [0, 0.1) is 0 Å². The Bertz CT molecular complexity index is 762. The van der Waals surface area contributed by atoms with Gasteiger partial charge in [-0.2, -0.15) is 0 Å². The number of hydrogen-bond acceptors (Lipinski definition) is 2. The lowest BCUT2D eigenvalue weighted by Gasteiger charge is -2.23. The van der Waals surface area contributed by atoms with Crippen LogP contribution in [0.1, 0.15) is 40.2 Å². The van der Waals surface area contributed by atoms with Crippen LogP contribution >= 0.6 is 28.6 Å². The van der Waals surface area contributed by atoms with Crippen LogP contribution in [0.5, 0.6) is 5.75 Å². The number of aromatic hydroxyl groups is 1. The minimum atomic E-state index is 0. The average Bonchev–Trinajstić information content (AvgIpc) is 2.95. The second-order valence-electron chi connectivity index (χ2n) is 6.95. The molecule has 2 aliphatic rings. The summed E-state index contributed by atoms with van der Waals surface area (Å²) in [6.45, 7) is 2.00. The number of halogens is 2. The Kier molecular flexibility index (Phi) is 5.24. The number of likely N-dealkylation sites (N-methyl/N-ethyl adjacent to an activating group) is 1. The van der Waals surface area contributed by atoms with Crippen molar-refractivity contribution in [3.8, 4) is 5.75 Å². The standard InChI is InChI=1S/C20H22ClNO.BrH/c1-22-8-7-16-10-19(21)20(23)11-17(16)18(12-22)15-6-5-13-3-2-4-14(13)9-15;/h5-6,9-11,18,23H,2-4,7-8,12H2,1H3;1H. The highest BCUT2D eigenvalue weighted by molar-refractivity contribution is 8.93. The normalized spacial score (nSPS) is 20.0. The lowest BCUT2D eigenvalue weighted by Crippen LogP contribution is -2.24. The summed E-state index contributed by atoms with van der Waals surface area (Å²) in [6.07, 6.45) is 4.67. The van der Waals surface area contributed by atoms with Gasteiger partial charge >= 0.3 is 0 Å². The molecule has 1 N–H and O–H groups in total. The first-order chi connectivity index (χ1) is 11.1. The Balaban J connectivity index is 0.00000169. The van der Waals surface area contributed by atoms with Crippen molar-refractivity contribution < 1.29 is 5.11 Å². The zero-order valence-electron chi connectivity index (χ0n) is 13.9. The molecule has 0 amide bonds. The molecule has 1 heterocycles. The fourth-order valence-electron chi connectivity index (χ4n) is 4.07. The fourth-order valence-corrected chi connectivity index (χ4v) is 4.25. The van der Waals surface area contributed by atoms with Gasteiger partial charge in [0.2, 0.25) is 0 Å². The highest BCUT2D eigenvalue weighted by Crippen LogP contribution is 2.37. The summed E-state index contributed by atoms with van der Waals surface area (Å²) in [5.41, 5.74) is 6.88. The zero-order chi connectivity index (χ0) is 16.0. The molecule has 4 heteroatoms. The highest BCUT2D eigenvalue weighted by atomic mass is 79.9. The summed E-state index contributed by atoms with van der Waals surface area (Å²) in [5.74, 6) is 0.493. The molecule has 0 spiro atoms.